The third kappa shape index (κ3) is 6.23. The predicted molar refractivity (Wildman–Crippen MR) is 84.2 cm³/mol. The molecule has 21 heavy (non-hydrogen) atoms. The highest BCUT2D eigenvalue weighted by Crippen LogP contribution is 2.19. The standard InChI is InChI=1S/C16H26N2O3/c1-12(2)9-17(10-13(3)4)11-16(19)14-5-7-15(8-6-14)18(20)21/h5-8,12-13,16,19H,9-11H2,1-4H3. The molecule has 0 spiro atoms. The molecule has 0 heterocycles. The molecule has 0 aliphatic heterocycles. The molecular formula is C16H26N2O3. The van der Waals surface area contributed by atoms with E-state index in [0.29, 0.717) is 18.4 Å². The van der Waals surface area contributed by atoms with Crippen molar-refractivity contribution >= 4 is 5.69 Å². The van der Waals surface area contributed by atoms with Gasteiger partial charge in [0, 0.05) is 31.8 Å². The molecule has 0 aliphatic rings. The summed E-state index contributed by atoms with van der Waals surface area (Å²) < 4.78 is 0. The van der Waals surface area contributed by atoms with Crippen LogP contribution in [0.15, 0.2) is 24.3 Å². The summed E-state index contributed by atoms with van der Waals surface area (Å²) in [5.74, 6) is 1.07. The van der Waals surface area contributed by atoms with Gasteiger partial charge in [-0.15, -0.1) is 0 Å². The average Bonchev–Trinajstić information content (AvgIpc) is 2.37. The Hall–Kier alpha value is -1.46. The Morgan fingerprint density at radius 1 is 1.05 bits per heavy atom. The Morgan fingerprint density at radius 3 is 1.90 bits per heavy atom. The van der Waals surface area contributed by atoms with E-state index >= 15 is 0 Å². The molecule has 1 rings (SSSR count). The maximum absolute atomic E-state index is 10.6. The second-order valence-corrected chi connectivity index (χ2v) is 6.37. The van der Waals surface area contributed by atoms with Crippen LogP contribution in [0.1, 0.15) is 39.4 Å². The molecule has 5 nitrogen and oxygen atoms in total. The molecule has 1 aromatic rings. The predicted octanol–water partition coefficient (Wildman–Crippen LogP) is 3.24. The number of hydrogen-bond donors (Lipinski definition) is 1. The second kappa shape index (κ2) is 8.10. The summed E-state index contributed by atoms with van der Waals surface area (Å²) in [6.07, 6.45) is -0.622. The first-order valence-electron chi connectivity index (χ1n) is 7.44. The molecule has 5 heteroatoms. The first-order chi connectivity index (χ1) is 9.79. The Kier molecular flexibility index (Phi) is 6.78. The van der Waals surface area contributed by atoms with Crippen LogP contribution >= 0.6 is 0 Å². The Morgan fingerprint density at radius 2 is 1.52 bits per heavy atom. The van der Waals surface area contributed by atoms with Crippen molar-refractivity contribution in [2.24, 2.45) is 11.8 Å². The highest BCUT2D eigenvalue weighted by Gasteiger charge is 2.16. The van der Waals surface area contributed by atoms with Crippen molar-refractivity contribution in [2.45, 2.75) is 33.8 Å². The fraction of sp³-hybridized carbons (Fsp3) is 0.625. The zero-order valence-electron chi connectivity index (χ0n) is 13.3. The molecule has 0 saturated heterocycles. The summed E-state index contributed by atoms with van der Waals surface area (Å²) in [4.78, 5) is 12.5. The number of nitro groups is 1. The number of nitro benzene ring substituents is 1. The zero-order valence-corrected chi connectivity index (χ0v) is 13.3. The summed E-state index contributed by atoms with van der Waals surface area (Å²) in [6, 6.07) is 6.14. The lowest BCUT2D eigenvalue weighted by molar-refractivity contribution is -0.384. The molecule has 0 bridgehead atoms. The summed E-state index contributed by atoms with van der Waals surface area (Å²) in [6.45, 7) is 11.0. The van der Waals surface area contributed by atoms with Gasteiger partial charge in [0.05, 0.1) is 11.0 Å². The first kappa shape index (κ1) is 17.6. The normalized spacial score (nSPS) is 13.1. The van der Waals surface area contributed by atoms with E-state index < -0.39 is 11.0 Å². The SMILES string of the molecule is CC(C)CN(CC(C)C)CC(O)c1ccc([N+](=O)[O-])cc1. The van der Waals surface area contributed by atoms with E-state index in [9.17, 15) is 15.2 Å². The largest absolute Gasteiger partial charge is 0.387 e. The van der Waals surface area contributed by atoms with Crippen LogP contribution in [0.5, 0.6) is 0 Å². The van der Waals surface area contributed by atoms with Gasteiger partial charge in [-0.3, -0.25) is 15.0 Å². The van der Waals surface area contributed by atoms with Gasteiger partial charge in [-0.2, -0.15) is 0 Å². The smallest absolute Gasteiger partial charge is 0.269 e. The lowest BCUT2D eigenvalue weighted by atomic mass is 10.1. The lowest BCUT2D eigenvalue weighted by Gasteiger charge is -2.28. The number of nitrogens with zero attached hydrogens (tertiary/aromatic N) is 2. The molecule has 1 aromatic carbocycles. The van der Waals surface area contributed by atoms with E-state index in [1.165, 1.54) is 12.1 Å². The number of aliphatic hydroxyl groups excluding tert-OH is 1. The van der Waals surface area contributed by atoms with Gasteiger partial charge in [0.15, 0.2) is 0 Å². The van der Waals surface area contributed by atoms with Gasteiger partial charge < -0.3 is 5.11 Å². The van der Waals surface area contributed by atoms with Crippen molar-refractivity contribution < 1.29 is 10.0 Å². The van der Waals surface area contributed by atoms with E-state index in [4.69, 9.17) is 0 Å². The van der Waals surface area contributed by atoms with Gasteiger partial charge in [-0.25, -0.2) is 0 Å². The number of rotatable bonds is 8. The summed E-state index contributed by atoms with van der Waals surface area (Å²) in [5.41, 5.74) is 0.769. The minimum atomic E-state index is -0.622. The van der Waals surface area contributed by atoms with Gasteiger partial charge in [-0.05, 0) is 29.5 Å². The number of hydrogen-bond acceptors (Lipinski definition) is 4. The van der Waals surface area contributed by atoms with Crippen molar-refractivity contribution in [3.05, 3.63) is 39.9 Å². The third-order valence-corrected chi connectivity index (χ3v) is 3.17. The highest BCUT2D eigenvalue weighted by molar-refractivity contribution is 5.33. The van der Waals surface area contributed by atoms with Crippen LogP contribution in [0.4, 0.5) is 5.69 Å². The van der Waals surface area contributed by atoms with Crippen LogP contribution in [0.2, 0.25) is 0 Å². The van der Waals surface area contributed by atoms with Crippen LogP contribution in [0.3, 0.4) is 0 Å². The molecular weight excluding hydrogens is 268 g/mol. The molecule has 1 unspecified atom stereocenters. The van der Waals surface area contributed by atoms with E-state index in [2.05, 4.69) is 32.6 Å². The van der Waals surface area contributed by atoms with Crippen molar-refractivity contribution in [1.82, 2.24) is 4.90 Å². The van der Waals surface area contributed by atoms with Crippen molar-refractivity contribution in [1.29, 1.82) is 0 Å². The summed E-state index contributed by atoms with van der Waals surface area (Å²) in [5, 5.41) is 21.0. The maximum Gasteiger partial charge on any atom is 0.269 e. The van der Waals surface area contributed by atoms with Gasteiger partial charge >= 0.3 is 0 Å². The molecule has 118 valence electrons. The van der Waals surface area contributed by atoms with E-state index in [0.717, 1.165) is 18.7 Å². The van der Waals surface area contributed by atoms with E-state index in [1.54, 1.807) is 12.1 Å². The Balaban J connectivity index is 2.71. The third-order valence-electron chi connectivity index (χ3n) is 3.17. The molecule has 0 aliphatic carbocycles. The quantitative estimate of drug-likeness (QED) is 0.590. The monoisotopic (exact) mass is 294 g/mol. The van der Waals surface area contributed by atoms with Crippen molar-refractivity contribution in [2.75, 3.05) is 19.6 Å². The van der Waals surface area contributed by atoms with Gasteiger partial charge in [-0.1, -0.05) is 27.7 Å². The minimum Gasteiger partial charge on any atom is -0.387 e. The Labute approximate surface area is 126 Å². The van der Waals surface area contributed by atoms with Crippen LogP contribution in [-0.2, 0) is 0 Å². The van der Waals surface area contributed by atoms with Gasteiger partial charge in [0.25, 0.3) is 5.69 Å². The van der Waals surface area contributed by atoms with Crippen LogP contribution in [-0.4, -0.2) is 34.6 Å². The van der Waals surface area contributed by atoms with Crippen molar-refractivity contribution in [3.63, 3.8) is 0 Å². The number of benzene rings is 1. The van der Waals surface area contributed by atoms with Crippen LogP contribution in [0.25, 0.3) is 0 Å². The fourth-order valence-electron chi connectivity index (χ4n) is 2.42. The first-order valence-corrected chi connectivity index (χ1v) is 7.44. The molecule has 1 atom stereocenters. The maximum atomic E-state index is 10.6. The molecule has 0 amide bonds. The topological polar surface area (TPSA) is 66.6 Å². The number of non-ortho nitro benzene ring substituents is 1. The van der Waals surface area contributed by atoms with E-state index in [1.807, 2.05) is 0 Å². The van der Waals surface area contributed by atoms with Crippen LogP contribution < -0.4 is 0 Å². The summed E-state index contributed by atoms with van der Waals surface area (Å²) >= 11 is 0. The summed E-state index contributed by atoms with van der Waals surface area (Å²) in [7, 11) is 0. The molecule has 0 aromatic heterocycles. The van der Waals surface area contributed by atoms with E-state index in [-0.39, 0.29) is 5.69 Å². The molecule has 0 fully saturated rings. The fourth-order valence-corrected chi connectivity index (χ4v) is 2.42. The molecule has 0 radical (unpaired) electrons. The molecule has 1 N–H and O–H groups in total. The second-order valence-electron chi connectivity index (χ2n) is 6.37. The highest BCUT2D eigenvalue weighted by atomic mass is 16.6. The van der Waals surface area contributed by atoms with Crippen LogP contribution in [0, 0.1) is 22.0 Å². The van der Waals surface area contributed by atoms with Gasteiger partial charge in [0.1, 0.15) is 0 Å². The van der Waals surface area contributed by atoms with Crippen molar-refractivity contribution in [3.8, 4) is 0 Å². The number of aliphatic hydroxyl groups is 1. The Bertz CT molecular complexity index is 433. The van der Waals surface area contributed by atoms with Gasteiger partial charge in [0.2, 0.25) is 0 Å². The minimum absolute atomic E-state index is 0.0483. The average molecular weight is 294 g/mol. The zero-order chi connectivity index (χ0) is 16.0. The molecule has 0 saturated carbocycles. The lowest BCUT2D eigenvalue weighted by Crippen LogP contribution is -2.35.